The summed E-state index contributed by atoms with van der Waals surface area (Å²) in [6, 6.07) is 48.0. The van der Waals surface area contributed by atoms with Crippen LogP contribution >= 0.6 is 0 Å². The lowest BCUT2D eigenvalue weighted by Gasteiger charge is -2.19. The van der Waals surface area contributed by atoms with Crippen LogP contribution in [0.1, 0.15) is 52.2 Å². The van der Waals surface area contributed by atoms with Crippen LogP contribution in [-0.2, 0) is 0 Å². The molecule has 16 heteroatoms. The summed E-state index contributed by atoms with van der Waals surface area (Å²) in [5.74, 6) is 7.32. The molecule has 0 saturated carbocycles. The summed E-state index contributed by atoms with van der Waals surface area (Å²) in [7, 11) is 0. The van der Waals surface area contributed by atoms with E-state index in [0.29, 0.717) is 86.8 Å². The van der Waals surface area contributed by atoms with Gasteiger partial charge in [-0.25, -0.2) is 64.8 Å². The Bertz CT molecular complexity index is 4390. The number of nitrogens with zero attached hydrogens (tertiary/aromatic N) is 16. The van der Waals surface area contributed by atoms with Crippen LogP contribution < -0.4 is 0 Å². The second-order valence-electron chi connectivity index (χ2n) is 19.4. The molecule has 0 N–H and O–H groups in total. The fourth-order valence-corrected chi connectivity index (χ4v) is 10.7. The standard InChI is InChI=1S/C62H46N16/c1-32-64-33(2)69-59(68-32)41-17-21-53-46(25-41)47-26-42(60-70-34(3)65-35(4)71-60)18-22-54(47)77(53)57-30-50(52-16-12-15-51(76-52)40-13-10-9-11-14-40)58(29-45(57)31-63)78-55-23-19-43(61-72-36(5)66-37(6)73-61)27-48(55)49-28-44(20-24-56(49)78)62-74-38(7)67-39(8)75-62/h9-30H,1-8H3. The summed E-state index contributed by atoms with van der Waals surface area (Å²) < 4.78 is 4.39. The summed E-state index contributed by atoms with van der Waals surface area (Å²) in [6.45, 7) is 15.0. The van der Waals surface area contributed by atoms with Gasteiger partial charge in [-0.2, -0.15) is 5.26 Å². The van der Waals surface area contributed by atoms with Crippen molar-refractivity contribution in [2.45, 2.75) is 55.4 Å². The van der Waals surface area contributed by atoms with Crippen LogP contribution in [0.15, 0.2) is 133 Å². The number of nitriles is 1. The molecule has 0 amide bonds. The highest BCUT2D eigenvalue weighted by Crippen LogP contribution is 2.43. The van der Waals surface area contributed by atoms with Crippen molar-refractivity contribution in [3.8, 4) is 85.5 Å². The molecule has 6 aromatic carbocycles. The molecule has 0 radical (unpaired) electrons. The number of hydrogen-bond acceptors (Lipinski definition) is 14. The van der Waals surface area contributed by atoms with Crippen LogP contribution in [0.4, 0.5) is 0 Å². The third-order valence-corrected chi connectivity index (χ3v) is 13.8. The van der Waals surface area contributed by atoms with E-state index in [4.69, 9.17) is 44.9 Å². The molecule has 13 aromatic rings. The highest BCUT2D eigenvalue weighted by atomic mass is 15.1. The minimum absolute atomic E-state index is 0.433. The fourth-order valence-electron chi connectivity index (χ4n) is 10.7. The average Bonchev–Trinajstić information content (AvgIpc) is 3.97. The second-order valence-corrected chi connectivity index (χ2v) is 19.4. The molecule has 0 aliphatic rings. The minimum atomic E-state index is 0.433. The van der Waals surface area contributed by atoms with Crippen molar-refractivity contribution in [1.82, 2.24) is 73.9 Å². The van der Waals surface area contributed by atoms with Crippen LogP contribution in [0, 0.1) is 66.7 Å². The molecule has 0 spiro atoms. The van der Waals surface area contributed by atoms with Crippen LogP contribution in [0.2, 0.25) is 0 Å². The third-order valence-electron chi connectivity index (χ3n) is 13.8. The molecule has 0 aliphatic heterocycles. The molecule has 0 bridgehead atoms. The number of aromatic nitrogens is 15. The van der Waals surface area contributed by atoms with Crippen molar-refractivity contribution in [3.05, 3.63) is 186 Å². The van der Waals surface area contributed by atoms with Crippen LogP contribution in [-0.4, -0.2) is 73.9 Å². The number of aryl methyl sites for hydroxylation is 8. The summed E-state index contributed by atoms with van der Waals surface area (Å²) in [5, 5.41) is 15.3. The first-order chi connectivity index (χ1) is 37.8. The van der Waals surface area contributed by atoms with E-state index in [1.54, 1.807) is 0 Å². The smallest absolute Gasteiger partial charge is 0.163 e. The van der Waals surface area contributed by atoms with E-state index >= 15 is 0 Å². The second kappa shape index (κ2) is 18.5. The molecular formula is C62H46N16. The molecule has 78 heavy (non-hydrogen) atoms. The van der Waals surface area contributed by atoms with E-state index in [0.717, 1.165) is 88.4 Å². The van der Waals surface area contributed by atoms with Gasteiger partial charge in [-0.05, 0) is 152 Å². The van der Waals surface area contributed by atoms with Gasteiger partial charge >= 0.3 is 0 Å². The van der Waals surface area contributed by atoms with Crippen molar-refractivity contribution in [1.29, 1.82) is 5.26 Å². The highest BCUT2D eigenvalue weighted by Gasteiger charge is 2.25. The van der Waals surface area contributed by atoms with Crippen LogP contribution in [0.5, 0.6) is 0 Å². The quantitative estimate of drug-likeness (QED) is 0.139. The zero-order chi connectivity index (χ0) is 53.5. The average molecular weight is 1020 g/mol. The maximum atomic E-state index is 11.6. The zero-order valence-corrected chi connectivity index (χ0v) is 43.9. The number of rotatable bonds is 8. The molecule has 16 nitrogen and oxygen atoms in total. The number of pyridine rings is 1. The van der Waals surface area contributed by atoms with E-state index in [1.807, 2.05) is 122 Å². The Balaban J connectivity index is 1.11. The van der Waals surface area contributed by atoms with Crippen molar-refractivity contribution in [2.24, 2.45) is 0 Å². The fraction of sp³-hybridized carbons (Fsp3) is 0.129. The number of fused-ring (bicyclic) bond motifs is 6. The van der Waals surface area contributed by atoms with Gasteiger partial charge in [-0.3, -0.25) is 0 Å². The number of benzene rings is 6. The third kappa shape index (κ3) is 8.30. The van der Waals surface area contributed by atoms with Gasteiger partial charge in [0, 0.05) is 54.9 Å². The van der Waals surface area contributed by atoms with Gasteiger partial charge in [0.2, 0.25) is 0 Å². The molecular weight excluding hydrogens is 969 g/mol. The Morgan fingerprint density at radius 2 is 0.654 bits per heavy atom. The van der Waals surface area contributed by atoms with Crippen molar-refractivity contribution >= 4 is 43.6 Å². The lowest BCUT2D eigenvalue weighted by Crippen LogP contribution is -2.05. The molecule has 7 aromatic heterocycles. The Kier molecular flexibility index (Phi) is 11.2. The molecule has 374 valence electrons. The van der Waals surface area contributed by atoms with Gasteiger partial charge in [0.05, 0.1) is 50.4 Å². The first kappa shape index (κ1) is 47.3. The van der Waals surface area contributed by atoms with Crippen molar-refractivity contribution in [2.75, 3.05) is 0 Å². The summed E-state index contributed by atoms with van der Waals surface area (Å²) in [4.78, 5) is 61.3. The van der Waals surface area contributed by atoms with E-state index in [2.05, 4.69) is 102 Å². The van der Waals surface area contributed by atoms with Gasteiger partial charge in [0.1, 0.15) is 52.7 Å². The van der Waals surface area contributed by atoms with E-state index in [1.165, 1.54) is 0 Å². The predicted octanol–water partition coefficient (Wildman–Crippen LogP) is 12.4. The summed E-state index contributed by atoms with van der Waals surface area (Å²) in [5.41, 5.74) is 11.9. The highest BCUT2D eigenvalue weighted by molar-refractivity contribution is 6.13. The molecule has 0 saturated heterocycles. The Morgan fingerprint density at radius 3 is 1.01 bits per heavy atom. The summed E-state index contributed by atoms with van der Waals surface area (Å²) in [6.07, 6.45) is 0. The molecule has 0 atom stereocenters. The van der Waals surface area contributed by atoms with Gasteiger partial charge in [0.25, 0.3) is 0 Å². The van der Waals surface area contributed by atoms with E-state index < -0.39 is 0 Å². The lowest BCUT2D eigenvalue weighted by atomic mass is 10.0. The van der Waals surface area contributed by atoms with Crippen molar-refractivity contribution in [3.63, 3.8) is 0 Å². The number of hydrogen-bond donors (Lipinski definition) is 0. The molecule has 0 fully saturated rings. The summed E-state index contributed by atoms with van der Waals surface area (Å²) >= 11 is 0. The topological polar surface area (TPSA) is 201 Å². The SMILES string of the molecule is Cc1nc(C)nc(-c2ccc3c(c2)c2cc(-c4nc(C)nc(C)n4)ccc2n3-c2cc(-c3cccc(-c4ccccc4)n3)c(-n3c4ccc(-c5nc(C)nc(C)n5)cc4c4cc(-c5nc(C)nc(C)n5)ccc43)cc2C#N)n1. The normalized spacial score (nSPS) is 11.6. The first-order valence-corrected chi connectivity index (χ1v) is 25.4. The van der Waals surface area contributed by atoms with Gasteiger partial charge in [0.15, 0.2) is 23.3 Å². The maximum absolute atomic E-state index is 11.6. The maximum Gasteiger partial charge on any atom is 0.163 e. The van der Waals surface area contributed by atoms with Gasteiger partial charge < -0.3 is 9.13 Å². The lowest BCUT2D eigenvalue weighted by molar-refractivity contribution is 0.928. The first-order valence-electron chi connectivity index (χ1n) is 25.4. The largest absolute Gasteiger partial charge is 0.309 e. The van der Waals surface area contributed by atoms with Gasteiger partial charge in [-0.15, -0.1) is 0 Å². The molecule has 7 heterocycles. The zero-order valence-electron chi connectivity index (χ0n) is 43.9. The monoisotopic (exact) mass is 1010 g/mol. The Labute approximate surface area is 447 Å². The Hall–Kier alpha value is -10.4. The van der Waals surface area contributed by atoms with Crippen LogP contribution in [0.3, 0.4) is 0 Å². The van der Waals surface area contributed by atoms with E-state index in [-0.39, 0.29) is 0 Å². The van der Waals surface area contributed by atoms with Crippen LogP contribution in [0.25, 0.3) is 123 Å². The van der Waals surface area contributed by atoms with E-state index in [9.17, 15) is 5.26 Å². The molecule has 13 rings (SSSR count). The van der Waals surface area contributed by atoms with Crippen molar-refractivity contribution < 1.29 is 0 Å². The molecule has 0 aliphatic carbocycles. The molecule has 0 unspecified atom stereocenters. The van der Waals surface area contributed by atoms with Gasteiger partial charge in [-0.1, -0.05) is 36.4 Å². The Morgan fingerprint density at radius 1 is 0.308 bits per heavy atom. The minimum Gasteiger partial charge on any atom is -0.309 e. The predicted molar refractivity (Wildman–Crippen MR) is 302 cm³/mol.